The molecule has 0 atom stereocenters. The molecule has 2 aromatic carbocycles. The topological polar surface area (TPSA) is 0 Å². The second kappa shape index (κ2) is 7.63. The van der Waals surface area contributed by atoms with E-state index in [1.54, 1.807) is 14.7 Å². The molecule has 0 amide bonds. The molecule has 0 bridgehead atoms. The van der Waals surface area contributed by atoms with Crippen molar-refractivity contribution in [2.75, 3.05) is 0 Å². The summed E-state index contributed by atoms with van der Waals surface area (Å²) in [6.45, 7) is 13.9. The number of hydrogen-bond donors (Lipinski definition) is 0. The molecule has 0 aromatic heterocycles. The first-order valence-corrected chi connectivity index (χ1v) is 10.4. The number of hydrogen-bond acceptors (Lipinski definition) is 0. The Hall–Kier alpha value is -0.830. The van der Waals surface area contributed by atoms with Crippen LogP contribution >= 0.6 is 0 Å². The van der Waals surface area contributed by atoms with Crippen LogP contribution in [0, 0.1) is 7.14 Å². The second-order valence-electron chi connectivity index (χ2n) is 6.87. The van der Waals surface area contributed by atoms with E-state index >= 15 is 0 Å². The van der Waals surface area contributed by atoms with Gasteiger partial charge in [-0.25, -0.2) is 0 Å². The van der Waals surface area contributed by atoms with Crippen molar-refractivity contribution in [1.29, 1.82) is 0 Å². The molecule has 0 heterocycles. The Kier molecular flexibility index (Phi) is 6.08. The molecule has 0 fully saturated rings. The van der Waals surface area contributed by atoms with E-state index in [4.69, 9.17) is 0 Å². The molecule has 0 aliphatic carbocycles. The van der Waals surface area contributed by atoms with Gasteiger partial charge in [0.25, 0.3) is 0 Å². The van der Waals surface area contributed by atoms with Crippen LogP contribution in [0.2, 0.25) is 0 Å². The molecule has 0 saturated carbocycles. The van der Waals surface area contributed by atoms with E-state index in [-0.39, 0.29) is 21.2 Å². The van der Waals surface area contributed by atoms with Gasteiger partial charge in [-0.3, -0.25) is 0 Å². The number of rotatable bonds is 5. The van der Waals surface area contributed by atoms with Gasteiger partial charge in [0.05, 0.1) is 0 Å². The molecule has 0 N–H and O–H groups in total. The van der Waals surface area contributed by atoms with Crippen LogP contribution in [0.5, 0.6) is 0 Å². The predicted octanol–water partition coefficient (Wildman–Crippen LogP) is 3.19. The third-order valence-electron chi connectivity index (χ3n) is 4.00. The van der Waals surface area contributed by atoms with E-state index in [0.717, 1.165) is 0 Å². The van der Waals surface area contributed by atoms with Gasteiger partial charge in [0.15, 0.2) is 0 Å². The fourth-order valence-electron chi connectivity index (χ4n) is 2.56. The molecule has 1 heteroatoms. The summed E-state index contributed by atoms with van der Waals surface area (Å²) >= 11 is -0.114. The molecule has 2 rings (SSSR count). The summed E-state index contributed by atoms with van der Waals surface area (Å²) in [5.74, 6) is 1.78. The van der Waals surface area contributed by atoms with Crippen LogP contribution in [0.15, 0.2) is 42.5 Å². The Balaban J connectivity index is 2.58. The van der Waals surface area contributed by atoms with Gasteiger partial charge in [0, 0.05) is 0 Å². The van der Waals surface area contributed by atoms with Crippen molar-refractivity contribution in [3.8, 4) is 0 Å². The van der Waals surface area contributed by atoms with Crippen LogP contribution in [0.3, 0.4) is 0 Å². The van der Waals surface area contributed by atoms with Gasteiger partial charge in [-0.05, 0) is 0 Å². The first kappa shape index (κ1) is 17.5. The van der Waals surface area contributed by atoms with Gasteiger partial charge in [-0.2, -0.15) is 0 Å². The van der Waals surface area contributed by atoms with Crippen LogP contribution in [-0.2, 0) is 0 Å². The molecule has 0 aliphatic heterocycles. The zero-order chi connectivity index (χ0) is 16.3. The third-order valence-corrected chi connectivity index (χ3v) is 7.13. The van der Waals surface area contributed by atoms with Gasteiger partial charge < -0.3 is 0 Å². The van der Waals surface area contributed by atoms with Crippen molar-refractivity contribution in [3.63, 3.8) is 0 Å². The molecule has 0 radical (unpaired) electrons. The summed E-state index contributed by atoms with van der Waals surface area (Å²) < 4.78 is 3.17. The maximum absolute atomic E-state index is 2.47. The van der Waals surface area contributed by atoms with E-state index in [2.05, 4.69) is 84.0 Å². The molecular formula is C21H28I-. The summed E-state index contributed by atoms with van der Waals surface area (Å²) in [5.41, 5.74) is 4.64. The molecule has 0 spiro atoms. The fourth-order valence-corrected chi connectivity index (χ4v) is 6.14. The van der Waals surface area contributed by atoms with Crippen LogP contribution in [0.1, 0.15) is 76.0 Å². The molecule has 0 nitrogen and oxygen atoms in total. The quantitative estimate of drug-likeness (QED) is 0.668. The molecular weight excluding hydrogens is 379 g/mol. The Labute approximate surface area is 146 Å². The minimum atomic E-state index is -0.114. The molecule has 22 heavy (non-hydrogen) atoms. The first-order chi connectivity index (χ1) is 10.4. The standard InChI is InChI=1S/C21H28I/c1-14(2)17-12-19(15(3)4)21(20(13-17)16(5)6)22-18-10-8-7-9-11-18/h7-16H,1-6H3/q-1. The van der Waals surface area contributed by atoms with E-state index in [1.165, 1.54) is 9.13 Å². The van der Waals surface area contributed by atoms with Crippen molar-refractivity contribution in [3.05, 3.63) is 66.3 Å². The summed E-state index contributed by atoms with van der Waals surface area (Å²) in [5, 5.41) is 0. The van der Waals surface area contributed by atoms with Crippen molar-refractivity contribution in [1.82, 2.24) is 0 Å². The first-order valence-electron chi connectivity index (χ1n) is 8.27. The molecule has 0 saturated heterocycles. The van der Waals surface area contributed by atoms with Crippen molar-refractivity contribution in [2.24, 2.45) is 0 Å². The summed E-state index contributed by atoms with van der Waals surface area (Å²) in [7, 11) is 0. The van der Waals surface area contributed by atoms with Crippen LogP contribution in [0.25, 0.3) is 0 Å². The Morgan fingerprint density at radius 3 is 1.59 bits per heavy atom. The zero-order valence-electron chi connectivity index (χ0n) is 14.7. The average molecular weight is 407 g/mol. The second-order valence-corrected chi connectivity index (χ2v) is 9.73. The van der Waals surface area contributed by atoms with Gasteiger partial charge in [-0.15, -0.1) is 0 Å². The molecule has 0 unspecified atom stereocenters. The normalized spacial score (nSPS) is 11.9. The van der Waals surface area contributed by atoms with Crippen LogP contribution in [-0.4, -0.2) is 0 Å². The van der Waals surface area contributed by atoms with Gasteiger partial charge >= 0.3 is 147 Å². The molecule has 0 aliphatic rings. The zero-order valence-corrected chi connectivity index (χ0v) is 16.8. The number of halogens is 1. The third kappa shape index (κ3) is 4.13. The van der Waals surface area contributed by atoms with Crippen LogP contribution < -0.4 is 21.2 Å². The van der Waals surface area contributed by atoms with Crippen molar-refractivity contribution < 1.29 is 21.2 Å². The molecule has 120 valence electrons. The van der Waals surface area contributed by atoms with E-state index in [9.17, 15) is 0 Å². The van der Waals surface area contributed by atoms with Crippen molar-refractivity contribution in [2.45, 2.75) is 59.3 Å². The summed E-state index contributed by atoms with van der Waals surface area (Å²) in [6.07, 6.45) is 0. The van der Waals surface area contributed by atoms with E-state index in [1.807, 2.05) is 0 Å². The van der Waals surface area contributed by atoms with Gasteiger partial charge in [-0.1, -0.05) is 0 Å². The Morgan fingerprint density at radius 2 is 1.18 bits per heavy atom. The SMILES string of the molecule is CC(C)c1cc(C(C)C)c([I-]c2ccccc2)c(C(C)C)c1. The maximum atomic E-state index is 2.47. The van der Waals surface area contributed by atoms with Crippen molar-refractivity contribution >= 4 is 0 Å². The van der Waals surface area contributed by atoms with E-state index < -0.39 is 0 Å². The number of benzene rings is 2. The Morgan fingerprint density at radius 1 is 0.682 bits per heavy atom. The summed E-state index contributed by atoms with van der Waals surface area (Å²) in [6, 6.07) is 16.0. The fraction of sp³-hybridized carbons (Fsp3) is 0.429. The predicted molar refractivity (Wildman–Crippen MR) is 92.5 cm³/mol. The minimum absolute atomic E-state index is 0.114. The molecule has 2 aromatic rings. The average Bonchev–Trinajstić information content (AvgIpc) is 2.47. The van der Waals surface area contributed by atoms with Crippen LogP contribution in [0.4, 0.5) is 0 Å². The van der Waals surface area contributed by atoms with E-state index in [0.29, 0.717) is 17.8 Å². The monoisotopic (exact) mass is 407 g/mol. The summed E-state index contributed by atoms with van der Waals surface area (Å²) in [4.78, 5) is 0. The Bertz CT molecular complexity index is 580. The van der Waals surface area contributed by atoms with Gasteiger partial charge in [0.1, 0.15) is 0 Å². The van der Waals surface area contributed by atoms with Gasteiger partial charge in [0.2, 0.25) is 0 Å².